The first-order valence-electron chi connectivity index (χ1n) is 8.85. The fourth-order valence-electron chi connectivity index (χ4n) is 2.76. The molecule has 2 rings (SSSR count). The molecule has 0 aromatic carbocycles. The van der Waals surface area contributed by atoms with Gasteiger partial charge in [0, 0.05) is 12.2 Å². The minimum Gasteiger partial charge on any atom is -0.460 e. The molecule has 28 heavy (non-hydrogen) atoms. The maximum absolute atomic E-state index is 11.0. The predicted molar refractivity (Wildman–Crippen MR) is 93.3 cm³/mol. The van der Waals surface area contributed by atoms with Crippen molar-refractivity contribution in [3.8, 4) is 0 Å². The number of hydrogen-bond donors (Lipinski definition) is 2. The summed E-state index contributed by atoms with van der Waals surface area (Å²) >= 11 is 0. The number of aliphatic hydroxyl groups excluding tert-OH is 2. The molecule has 10 heteroatoms. The Morgan fingerprint density at radius 2 is 1.25 bits per heavy atom. The number of ether oxygens (including phenoxy) is 6. The van der Waals surface area contributed by atoms with Crippen LogP contribution in [0.15, 0.2) is 25.3 Å². The number of aliphatic hydroxyl groups is 2. The summed E-state index contributed by atoms with van der Waals surface area (Å²) in [5, 5.41) is 19.6. The molecule has 0 aromatic heterocycles. The molecule has 6 unspecified atom stereocenters. The van der Waals surface area contributed by atoms with Gasteiger partial charge in [0.25, 0.3) is 0 Å². The molecule has 6 atom stereocenters. The minimum atomic E-state index is -0.982. The smallest absolute Gasteiger partial charge is 0.330 e. The molecule has 0 spiro atoms. The van der Waals surface area contributed by atoms with E-state index in [0.717, 1.165) is 12.2 Å². The highest BCUT2D eigenvalue weighted by Gasteiger charge is 2.49. The van der Waals surface area contributed by atoms with Crippen molar-refractivity contribution in [2.75, 3.05) is 39.6 Å². The van der Waals surface area contributed by atoms with Crippen LogP contribution < -0.4 is 0 Å². The van der Waals surface area contributed by atoms with Crippen LogP contribution in [-0.2, 0) is 38.0 Å². The number of rotatable bonds is 12. The molecular formula is C18H26O10. The van der Waals surface area contributed by atoms with E-state index in [2.05, 4.69) is 13.2 Å². The Kier molecular flexibility index (Phi) is 9.03. The molecule has 2 N–H and O–H groups in total. The lowest BCUT2D eigenvalue weighted by molar-refractivity contribution is -0.143. The Balaban J connectivity index is 1.67. The molecule has 0 bridgehead atoms. The molecule has 2 heterocycles. The van der Waals surface area contributed by atoms with Crippen LogP contribution in [0.4, 0.5) is 0 Å². The van der Waals surface area contributed by atoms with Gasteiger partial charge in [-0.25, -0.2) is 9.59 Å². The van der Waals surface area contributed by atoms with Crippen molar-refractivity contribution in [3.63, 3.8) is 0 Å². The topological polar surface area (TPSA) is 130 Å². The van der Waals surface area contributed by atoms with Crippen LogP contribution in [-0.4, -0.2) is 98.4 Å². The highest BCUT2D eigenvalue weighted by atomic mass is 16.6. The maximum Gasteiger partial charge on any atom is 0.330 e. The van der Waals surface area contributed by atoms with Crippen LogP contribution in [0.3, 0.4) is 0 Å². The summed E-state index contributed by atoms with van der Waals surface area (Å²) < 4.78 is 32.0. The number of hydrogen-bond acceptors (Lipinski definition) is 10. The Labute approximate surface area is 162 Å². The van der Waals surface area contributed by atoms with Crippen LogP contribution in [0.2, 0.25) is 0 Å². The van der Waals surface area contributed by atoms with Crippen LogP contribution in [0.25, 0.3) is 0 Å². The van der Waals surface area contributed by atoms with Crippen molar-refractivity contribution < 1.29 is 48.2 Å². The number of carbonyl (C=O) groups excluding carboxylic acids is 2. The third kappa shape index (κ3) is 6.66. The van der Waals surface area contributed by atoms with Gasteiger partial charge in [-0.1, -0.05) is 13.2 Å². The van der Waals surface area contributed by atoms with Crippen LogP contribution in [0.5, 0.6) is 0 Å². The van der Waals surface area contributed by atoms with Gasteiger partial charge in [0.2, 0.25) is 0 Å². The van der Waals surface area contributed by atoms with Crippen molar-refractivity contribution >= 4 is 11.9 Å². The molecular weight excluding hydrogens is 376 g/mol. The molecule has 0 saturated carbocycles. The van der Waals surface area contributed by atoms with E-state index in [4.69, 9.17) is 28.4 Å². The van der Waals surface area contributed by atoms with Gasteiger partial charge in [-0.2, -0.15) is 0 Å². The quantitative estimate of drug-likeness (QED) is 0.301. The first kappa shape index (κ1) is 22.5. The van der Waals surface area contributed by atoms with E-state index in [1.807, 2.05) is 0 Å². The highest BCUT2D eigenvalue weighted by molar-refractivity contribution is 5.81. The SMILES string of the molecule is C=CC(=O)OCC(O)COC1COC2C(OCC(O)COC(=O)C=C)COC12. The number of carbonyl (C=O) groups is 2. The van der Waals surface area contributed by atoms with Gasteiger partial charge in [-0.05, 0) is 0 Å². The van der Waals surface area contributed by atoms with Gasteiger partial charge >= 0.3 is 11.9 Å². The Morgan fingerprint density at radius 3 is 1.61 bits per heavy atom. The lowest BCUT2D eigenvalue weighted by atomic mass is 10.1. The molecule has 2 fully saturated rings. The fraction of sp³-hybridized carbons (Fsp3) is 0.667. The predicted octanol–water partition coefficient (Wildman–Crippen LogP) is -1.27. The molecule has 2 aliphatic heterocycles. The van der Waals surface area contributed by atoms with Crippen LogP contribution in [0, 0.1) is 0 Å². The first-order chi connectivity index (χ1) is 13.4. The second kappa shape index (κ2) is 11.2. The molecule has 0 radical (unpaired) electrons. The van der Waals surface area contributed by atoms with E-state index < -0.39 is 36.4 Å². The van der Waals surface area contributed by atoms with Crippen molar-refractivity contribution in [2.24, 2.45) is 0 Å². The zero-order chi connectivity index (χ0) is 20.5. The summed E-state index contributed by atoms with van der Waals surface area (Å²) in [6.45, 7) is 6.54. The monoisotopic (exact) mass is 402 g/mol. The van der Waals surface area contributed by atoms with Gasteiger partial charge in [0.1, 0.15) is 49.8 Å². The Bertz CT molecular complexity index is 502. The lowest BCUT2D eigenvalue weighted by Crippen LogP contribution is -2.37. The lowest BCUT2D eigenvalue weighted by Gasteiger charge is -2.19. The molecule has 0 aliphatic carbocycles. The second-order valence-corrected chi connectivity index (χ2v) is 6.32. The summed E-state index contributed by atoms with van der Waals surface area (Å²) in [5.41, 5.74) is 0. The van der Waals surface area contributed by atoms with Gasteiger partial charge in [0.15, 0.2) is 0 Å². The number of fused-ring (bicyclic) bond motifs is 1. The van der Waals surface area contributed by atoms with Crippen LogP contribution >= 0.6 is 0 Å². The second-order valence-electron chi connectivity index (χ2n) is 6.32. The van der Waals surface area contributed by atoms with E-state index in [1.54, 1.807) is 0 Å². The van der Waals surface area contributed by atoms with Gasteiger partial charge in [-0.15, -0.1) is 0 Å². The summed E-state index contributed by atoms with van der Waals surface area (Å²) in [6.07, 6.45) is -1.49. The molecule has 158 valence electrons. The normalized spacial score (nSPS) is 28.2. The van der Waals surface area contributed by atoms with Gasteiger partial charge in [-0.3, -0.25) is 0 Å². The third-order valence-corrected chi connectivity index (χ3v) is 4.14. The molecule has 10 nitrogen and oxygen atoms in total. The summed E-state index contributed by atoms with van der Waals surface area (Å²) in [7, 11) is 0. The minimum absolute atomic E-state index is 0.0516. The first-order valence-corrected chi connectivity index (χ1v) is 8.85. The zero-order valence-corrected chi connectivity index (χ0v) is 15.4. The highest BCUT2D eigenvalue weighted by Crippen LogP contribution is 2.30. The van der Waals surface area contributed by atoms with Crippen molar-refractivity contribution in [1.82, 2.24) is 0 Å². The summed E-state index contributed by atoms with van der Waals surface area (Å²) in [6, 6.07) is 0. The van der Waals surface area contributed by atoms with E-state index >= 15 is 0 Å². The Hall–Kier alpha value is -1.82. The van der Waals surface area contributed by atoms with Gasteiger partial charge < -0.3 is 38.6 Å². The van der Waals surface area contributed by atoms with Crippen molar-refractivity contribution in [2.45, 2.75) is 36.6 Å². The van der Waals surface area contributed by atoms with E-state index in [9.17, 15) is 19.8 Å². The maximum atomic E-state index is 11.0. The number of esters is 2. The zero-order valence-electron chi connectivity index (χ0n) is 15.4. The van der Waals surface area contributed by atoms with Crippen molar-refractivity contribution in [1.29, 1.82) is 0 Å². The summed E-state index contributed by atoms with van der Waals surface area (Å²) in [4.78, 5) is 21.9. The standard InChI is InChI=1S/C18H26O10/c1-3-15(21)25-7-11(19)5-23-13-9-27-18-14(10-28-17(13)18)24-6-12(20)8-26-16(22)4-2/h3-4,11-14,17-20H,1-2,5-10H2. The van der Waals surface area contributed by atoms with E-state index in [0.29, 0.717) is 0 Å². The molecule has 0 aromatic rings. The van der Waals surface area contributed by atoms with E-state index in [-0.39, 0.29) is 51.8 Å². The third-order valence-electron chi connectivity index (χ3n) is 4.14. The molecule has 0 amide bonds. The Morgan fingerprint density at radius 1 is 0.857 bits per heavy atom. The van der Waals surface area contributed by atoms with Gasteiger partial charge in [0.05, 0.1) is 26.4 Å². The summed E-state index contributed by atoms with van der Waals surface area (Å²) in [5.74, 6) is -1.24. The van der Waals surface area contributed by atoms with E-state index in [1.165, 1.54) is 0 Å². The largest absolute Gasteiger partial charge is 0.460 e. The van der Waals surface area contributed by atoms with Crippen LogP contribution in [0.1, 0.15) is 0 Å². The fourth-order valence-corrected chi connectivity index (χ4v) is 2.76. The molecule has 2 aliphatic rings. The average Bonchev–Trinajstić information content (AvgIpc) is 3.29. The average molecular weight is 402 g/mol. The van der Waals surface area contributed by atoms with Crippen molar-refractivity contribution in [3.05, 3.63) is 25.3 Å². The molecule has 2 saturated heterocycles.